The van der Waals surface area contributed by atoms with Gasteiger partial charge >= 0.3 is 0 Å². The Balaban J connectivity index is 1.52. The number of nitrogens with one attached hydrogen (secondary N) is 1. The third kappa shape index (κ3) is 2.28. The van der Waals surface area contributed by atoms with Crippen LogP contribution in [0.2, 0.25) is 0 Å². The van der Waals surface area contributed by atoms with Crippen LogP contribution < -0.4 is 5.32 Å². The van der Waals surface area contributed by atoms with Crippen LogP contribution in [0.25, 0.3) is 0 Å². The first kappa shape index (κ1) is 12.8. The van der Waals surface area contributed by atoms with Gasteiger partial charge in [-0.15, -0.1) is 0 Å². The molecule has 0 saturated heterocycles. The van der Waals surface area contributed by atoms with E-state index >= 15 is 0 Å². The van der Waals surface area contributed by atoms with Crippen molar-refractivity contribution in [3.05, 3.63) is 30.1 Å². The predicted molar refractivity (Wildman–Crippen MR) is 81.7 cm³/mol. The summed E-state index contributed by atoms with van der Waals surface area (Å²) in [6, 6.07) is 5.32. The Bertz CT molecular complexity index is 450. The van der Waals surface area contributed by atoms with Gasteiger partial charge in [0.15, 0.2) is 0 Å². The molecule has 20 heavy (non-hydrogen) atoms. The highest BCUT2D eigenvalue weighted by atomic mass is 15.0. The molecule has 0 unspecified atom stereocenters. The van der Waals surface area contributed by atoms with E-state index in [1.807, 2.05) is 12.4 Å². The maximum absolute atomic E-state index is 4.21. The van der Waals surface area contributed by atoms with Crippen LogP contribution >= 0.6 is 0 Å². The summed E-state index contributed by atoms with van der Waals surface area (Å²) in [5.41, 5.74) is 2.62. The maximum atomic E-state index is 4.21. The molecule has 0 radical (unpaired) electrons. The zero-order valence-corrected chi connectivity index (χ0v) is 12.4. The minimum atomic E-state index is 0.406. The van der Waals surface area contributed by atoms with Crippen LogP contribution in [-0.2, 0) is 5.41 Å². The molecule has 1 aromatic rings. The second kappa shape index (κ2) is 4.84. The van der Waals surface area contributed by atoms with Crippen LogP contribution in [0.4, 0.5) is 0 Å². The summed E-state index contributed by atoms with van der Waals surface area (Å²) in [5.74, 6) is 0. The molecule has 3 saturated carbocycles. The summed E-state index contributed by atoms with van der Waals surface area (Å²) in [7, 11) is 0. The Morgan fingerprint density at radius 1 is 1.05 bits per heavy atom. The number of aromatic nitrogens is 1. The summed E-state index contributed by atoms with van der Waals surface area (Å²) < 4.78 is 0. The monoisotopic (exact) mass is 270 g/mol. The molecule has 3 fully saturated rings. The molecule has 0 amide bonds. The van der Waals surface area contributed by atoms with Crippen molar-refractivity contribution >= 4 is 0 Å². The quantitative estimate of drug-likeness (QED) is 0.899. The molecule has 4 rings (SSSR count). The molecule has 0 aromatic carbocycles. The Kier molecular flexibility index (Phi) is 3.10. The Morgan fingerprint density at radius 2 is 1.75 bits per heavy atom. The van der Waals surface area contributed by atoms with Crippen molar-refractivity contribution in [2.45, 2.75) is 69.2 Å². The normalized spacial score (nSPS) is 27.2. The highest BCUT2D eigenvalue weighted by Gasteiger charge is 2.54. The Morgan fingerprint density at radius 3 is 2.40 bits per heavy atom. The first-order chi connectivity index (χ1) is 9.80. The maximum Gasteiger partial charge on any atom is 0.0270 e. The molecule has 2 heteroatoms. The Labute approximate surface area is 122 Å². The summed E-state index contributed by atoms with van der Waals surface area (Å²) in [4.78, 5) is 4.21. The summed E-state index contributed by atoms with van der Waals surface area (Å²) in [5, 5.41) is 3.80. The average molecular weight is 270 g/mol. The van der Waals surface area contributed by atoms with Crippen LogP contribution in [0.15, 0.2) is 24.5 Å². The lowest BCUT2D eigenvalue weighted by Crippen LogP contribution is -2.55. The fourth-order valence-electron chi connectivity index (χ4n) is 4.80. The second-order valence-electron chi connectivity index (χ2n) is 7.59. The van der Waals surface area contributed by atoms with Gasteiger partial charge < -0.3 is 5.32 Å². The molecule has 1 N–H and O–H groups in total. The number of hydrogen-bond donors (Lipinski definition) is 1. The topological polar surface area (TPSA) is 24.9 Å². The van der Waals surface area contributed by atoms with Gasteiger partial charge in [0.1, 0.15) is 0 Å². The highest BCUT2D eigenvalue weighted by Crippen LogP contribution is 2.61. The third-order valence-corrected chi connectivity index (χ3v) is 5.94. The number of hydrogen-bond acceptors (Lipinski definition) is 2. The molecule has 108 valence electrons. The molecule has 1 heterocycles. The van der Waals surface area contributed by atoms with Crippen molar-refractivity contribution < 1.29 is 0 Å². The highest BCUT2D eigenvalue weighted by molar-refractivity contribution is 5.30. The van der Waals surface area contributed by atoms with Gasteiger partial charge in [0.25, 0.3) is 0 Å². The van der Waals surface area contributed by atoms with Crippen LogP contribution in [-0.4, -0.2) is 17.6 Å². The second-order valence-corrected chi connectivity index (χ2v) is 7.59. The molecular weight excluding hydrogens is 244 g/mol. The van der Waals surface area contributed by atoms with Crippen molar-refractivity contribution in [3.63, 3.8) is 0 Å². The zero-order chi connectivity index (χ0) is 13.5. The van der Waals surface area contributed by atoms with Gasteiger partial charge in [-0.25, -0.2) is 0 Å². The van der Waals surface area contributed by atoms with Gasteiger partial charge in [0, 0.05) is 30.4 Å². The molecule has 1 aromatic heterocycles. The molecule has 0 atom stereocenters. The molecule has 2 nitrogen and oxygen atoms in total. The van der Waals surface area contributed by atoms with E-state index in [2.05, 4.69) is 22.4 Å². The largest absolute Gasteiger partial charge is 0.313 e. The predicted octanol–water partition coefficient (Wildman–Crippen LogP) is 3.82. The van der Waals surface area contributed by atoms with Crippen LogP contribution in [0.5, 0.6) is 0 Å². The Hall–Kier alpha value is -0.890. The van der Waals surface area contributed by atoms with E-state index in [0.29, 0.717) is 10.8 Å². The minimum Gasteiger partial charge on any atom is -0.313 e. The van der Waals surface area contributed by atoms with Gasteiger partial charge in [0.2, 0.25) is 0 Å². The number of pyridine rings is 1. The van der Waals surface area contributed by atoms with Crippen LogP contribution in [0.3, 0.4) is 0 Å². The van der Waals surface area contributed by atoms with Crippen LogP contribution in [0, 0.1) is 5.41 Å². The average Bonchev–Trinajstić information content (AvgIpc) is 3.29. The fourth-order valence-corrected chi connectivity index (χ4v) is 4.80. The van der Waals surface area contributed by atoms with E-state index in [0.717, 1.165) is 6.04 Å². The standard InChI is InChI=1S/C18H26N2/c1-2-8-17(9-3-1)12-18(13-17,14-20-16-4-5-16)15-6-10-19-11-7-15/h6-7,10-11,16,20H,1-5,8-9,12-14H2. The van der Waals surface area contributed by atoms with Gasteiger partial charge in [-0.05, 0) is 61.6 Å². The molecule has 1 spiro atoms. The summed E-state index contributed by atoms with van der Waals surface area (Å²) in [6.45, 7) is 1.18. The number of rotatable bonds is 4. The lowest BCUT2D eigenvalue weighted by Gasteiger charge is -2.59. The van der Waals surface area contributed by atoms with Crippen molar-refractivity contribution in [1.29, 1.82) is 0 Å². The first-order valence-corrected chi connectivity index (χ1v) is 8.44. The SMILES string of the molecule is c1cc(C2(CNC3CC3)CC3(CCCCC3)C2)ccn1. The van der Waals surface area contributed by atoms with Gasteiger partial charge in [-0.1, -0.05) is 19.3 Å². The van der Waals surface area contributed by atoms with Gasteiger partial charge in [-0.3, -0.25) is 4.98 Å². The van der Waals surface area contributed by atoms with E-state index in [1.54, 1.807) is 0 Å². The van der Waals surface area contributed by atoms with Crippen molar-refractivity contribution in [1.82, 2.24) is 10.3 Å². The zero-order valence-electron chi connectivity index (χ0n) is 12.4. The molecular formula is C18H26N2. The van der Waals surface area contributed by atoms with E-state index in [1.165, 1.54) is 69.9 Å². The lowest BCUT2D eigenvalue weighted by atomic mass is 9.46. The minimum absolute atomic E-state index is 0.406. The molecule has 3 aliphatic carbocycles. The first-order valence-electron chi connectivity index (χ1n) is 8.44. The summed E-state index contributed by atoms with van der Waals surface area (Å²) >= 11 is 0. The third-order valence-electron chi connectivity index (χ3n) is 5.94. The summed E-state index contributed by atoms with van der Waals surface area (Å²) in [6.07, 6.45) is 16.9. The smallest absolute Gasteiger partial charge is 0.0270 e. The van der Waals surface area contributed by atoms with E-state index in [9.17, 15) is 0 Å². The van der Waals surface area contributed by atoms with Crippen molar-refractivity contribution in [2.24, 2.45) is 5.41 Å². The van der Waals surface area contributed by atoms with Crippen LogP contribution in [0.1, 0.15) is 63.4 Å². The number of nitrogens with zero attached hydrogens (tertiary/aromatic N) is 1. The molecule has 0 bridgehead atoms. The van der Waals surface area contributed by atoms with Gasteiger partial charge in [-0.2, -0.15) is 0 Å². The van der Waals surface area contributed by atoms with Gasteiger partial charge in [0.05, 0.1) is 0 Å². The fraction of sp³-hybridized carbons (Fsp3) is 0.722. The van der Waals surface area contributed by atoms with E-state index < -0.39 is 0 Å². The van der Waals surface area contributed by atoms with Crippen molar-refractivity contribution in [3.8, 4) is 0 Å². The van der Waals surface area contributed by atoms with E-state index in [4.69, 9.17) is 0 Å². The van der Waals surface area contributed by atoms with Crippen molar-refractivity contribution in [2.75, 3.05) is 6.54 Å². The van der Waals surface area contributed by atoms with E-state index in [-0.39, 0.29) is 0 Å². The molecule has 0 aliphatic heterocycles. The lowest BCUT2D eigenvalue weighted by molar-refractivity contribution is -0.0130. The molecule has 3 aliphatic rings.